The van der Waals surface area contributed by atoms with E-state index in [0.717, 1.165) is 27.6 Å². The first kappa shape index (κ1) is 87.5. The van der Waals surface area contributed by atoms with E-state index in [0.29, 0.717) is 91.9 Å². The van der Waals surface area contributed by atoms with Gasteiger partial charge in [0.25, 0.3) is 5.17 Å². The number of carbonyl (C=O) groups is 9. The standard InChI is InChI=1S/C75H101Cl2N12O21PS2/c1-44(2)63(84-57(90)14-19-102-21-23-104-25-27-106-29-30-107-28-26-105-24-22-103-20-18-87-58(91)33-56(113-7)68(87)94)67(93)83-51(9-8-15-79-71(78)97)66(92)82-50-12-10-47(11-13-50)40-108-73(112)86(6)17-16-85(5)72(98)109-54-31-52-61(59-45(3)36-80-64(54)59)48(34-76)38-88(52)69(95)74-41-75(42-74,43-74)70(96)89-39-49(35-77)62-53(89)32-55(110-111(99,100)101)65-60(62)46(4)37-81-65/h10-13,31-32,36-37,44,48-49,51,56,63,80-81H,8-9,14-30,33-35,38-43H2,1-7H3,(H,82,92)(H,83,93)(H,84,90)(H3,78,79,97)(H2,99,100,101). The van der Waals surface area contributed by atoms with E-state index in [-0.39, 0.29) is 192 Å². The van der Waals surface area contributed by atoms with Gasteiger partial charge in [0.15, 0.2) is 11.5 Å². The molecule has 2 bridgehead atoms. The van der Waals surface area contributed by atoms with Crippen LogP contribution in [0, 0.1) is 30.6 Å². The summed E-state index contributed by atoms with van der Waals surface area (Å²) in [5.74, 6) is -2.71. The molecule has 11 rings (SSSR count). The number of halogens is 2. The van der Waals surface area contributed by atoms with Crippen molar-refractivity contribution in [1.82, 2.24) is 40.6 Å². The fourth-order valence-corrected chi connectivity index (χ4v) is 16.7. The van der Waals surface area contributed by atoms with Crippen molar-refractivity contribution in [2.24, 2.45) is 22.5 Å². The number of nitrogens with zero attached hydrogens (tertiary/aromatic N) is 5. The number of likely N-dealkylation sites (tertiary alicyclic amines) is 1. The third-order valence-electron chi connectivity index (χ3n) is 20.8. The number of benzene rings is 3. The summed E-state index contributed by atoms with van der Waals surface area (Å²) in [5, 5.41) is 12.2. The lowest BCUT2D eigenvalue weighted by molar-refractivity contribution is -0.205. The normalized spacial score (nSPS) is 19.4. The van der Waals surface area contributed by atoms with Crippen LogP contribution >= 0.6 is 55.0 Å². The smallest absolute Gasteiger partial charge is 0.466 e. The second-order valence-corrected chi connectivity index (χ2v) is 32.4. The Bertz CT molecular complexity index is 4320. The number of nitrogens with one attached hydrogen (secondary N) is 6. The van der Waals surface area contributed by atoms with Crippen LogP contribution < -0.4 is 46.1 Å². The third kappa shape index (κ3) is 21.4. The second-order valence-electron chi connectivity index (χ2n) is 29.2. The average molecular weight is 1670 g/mol. The summed E-state index contributed by atoms with van der Waals surface area (Å²) in [6.07, 6.45) is 6.07. The van der Waals surface area contributed by atoms with Crippen LogP contribution in [0.2, 0.25) is 0 Å². The fourth-order valence-electron chi connectivity index (χ4n) is 15.0. The Morgan fingerprint density at radius 3 is 1.73 bits per heavy atom. The van der Waals surface area contributed by atoms with Gasteiger partial charge in [0.1, 0.15) is 18.7 Å². The molecule has 6 aliphatic rings. The molecule has 2 aromatic heterocycles. The lowest BCUT2D eigenvalue weighted by Crippen LogP contribution is -2.73. The van der Waals surface area contributed by atoms with Gasteiger partial charge in [-0.1, -0.05) is 26.0 Å². The highest BCUT2D eigenvalue weighted by Gasteiger charge is 2.76. The molecule has 5 aromatic rings. The van der Waals surface area contributed by atoms with Crippen molar-refractivity contribution in [1.29, 1.82) is 0 Å². The minimum Gasteiger partial charge on any atom is -0.466 e. The quantitative estimate of drug-likeness (QED) is 0.00636. The molecule has 5 atom stereocenters. The number of alkyl halides is 2. The molecule has 3 aliphatic carbocycles. The van der Waals surface area contributed by atoms with Crippen molar-refractivity contribution in [2.75, 3.05) is 166 Å². The monoisotopic (exact) mass is 1670 g/mol. The molecule has 38 heteroatoms. The predicted molar refractivity (Wildman–Crippen MR) is 427 cm³/mol. The molecule has 1 saturated heterocycles. The van der Waals surface area contributed by atoms with Crippen molar-refractivity contribution >= 4 is 153 Å². The highest BCUT2D eigenvalue weighted by atomic mass is 35.5. The minimum atomic E-state index is -4.99. The van der Waals surface area contributed by atoms with Gasteiger partial charge in [0, 0.05) is 124 Å². The number of imide groups is 1. The first-order chi connectivity index (χ1) is 54.0. The number of aromatic nitrogens is 2. The van der Waals surface area contributed by atoms with Gasteiger partial charge in [-0.05, 0) is 110 Å². The maximum absolute atomic E-state index is 15.0. The number of aryl methyl sites for hydroxylation is 2. The summed E-state index contributed by atoms with van der Waals surface area (Å²) in [4.78, 5) is 154. The Morgan fingerprint density at radius 2 is 1.23 bits per heavy atom. The van der Waals surface area contributed by atoms with Crippen LogP contribution in [0.5, 0.6) is 11.5 Å². The first-order valence-corrected chi connectivity index (χ1v) is 41.8. The number of thioether (sulfide) groups is 1. The number of H-pyrrole nitrogens is 2. The number of thiocarbonyl (C=S) groups is 1. The van der Waals surface area contributed by atoms with Crippen LogP contribution in [-0.4, -0.2) is 261 Å². The maximum atomic E-state index is 15.0. The lowest BCUT2D eigenvalue weighted by Gasteiger charge is -2.69. The van der Waals surface area contributed by atoms with Crippen LogP contribution in [0.25, 0.3) is 21.8 Å². The molecule has 618 valence electrons. The summed E-state index contributed by atoms with van der Waals surface area (Å²) in [6, 6.07) is 7.10. The molecule has 3 aromatic carbocycles. The largest absolute Gasteiger partial charge is 0.524 e. The van der Waals surface area contributed by atoms with E-state index in [1.807, 2.05) is 26.3 Å². The molecule has 0 spiro atoms. The van der Waals surface area contributed by atoms with Crippen LogP contribution in [0.3, 0.4) is 0 Å². The van der Waals surface area contributed by atoms with E-state index in [2.05, 4.69) is 31.2 Å². The molecular weight excluding hydrogens is 1570 g/mol. The van der Waals surface area contributed by atoms with Gasteiger partial charge in [-0.25, -0.2) is 14.2 Å². The molecule has 10 N–H and O–H groups in total. The first-order valence-electron chi connectivity index (χ1n) is 37.5. The van der Waals surface area contributed by atoms with E-state index in [9.17, 15) is 57.5 Å². The lowest BCUT2D eigenvalue weighted by atomic mass is 9.34. The summed E-state index contributed by atoms with van der Waals surface area (Å²) in [7, 11) is -1.70. The number of fused-ring (bicyclic) bond motifs is 6. The highest BCUT2D eigenvalue weighted by Crippen LogP contribution is 2.75. The zero-order valence-corrected chi connectivity index (χ0v) is 68.4. The van der Waals surface area contributed by atoms with Gasteiger partial charge in [0.2, 0.25) is 41.4 Å². The van der Waals surface area contributed by atoms with Crippen molar-refractivity contribution in [3.05, 3.63) is 76.6 Å². The summed E-state index contributed by atoms with van der Waals surface area (Å²) >= 11 is 20.2. The second kappa shape index (κ2) is 39.6. The fraction of sp³-hybridized carbons (Fsp3) is 0.573. The van der Waals surface area contributed by atoms with Crippen molar-refractivity contribution in [3.63, 3.8) is 0 Å². The van der Waals surface area contributed by atoms with E-state index < -0.39 is 60.6 Å². The van der Waals surface area contributed by atoms with Crippen LogP contribution in [-0.2, 0) is 77.9 Å². The number of ether oxygens (including phenoxy) is 8. The maximum Gasteiger partial charge on any atom is 0.524 e. The number of nitrogens with two attached hydrogens (primary N) is 1. The number of phosphoric acid groups is 1. The summed E-state index contributed by atoms with van der Waals surface area (Å²) < 4.78 is 62.5. The van der Waals surface area contributed by atoms with Crippen LogP contribution in [0.4, 0.5) is 26.7 Å². The van der Waals surface area contributed by atoms with Crippen LogP contribution in [0.15, 0.2) is 48.8 Å². The van der Waals surface area contributed by atoms with Crippen molar-refractivity contribution < 1.29 is 99.9 Å². The van der Waals surface area contributed by atoms with E-state index >= 15 is 0 Å². The Morgan fingerprint density at radius 1 is 0.726 bits per heavy atom. The van der Waals surface area contributed by atoms with Gasteiger partial charge in [-0.2, -0.15) is 11.8 Å². The number of urea groups is 1. The molecule has 3 aliphatic heterocycles. The summed E-state index contributed by atoms with van der Waals surface area (Å²) in [6.45, 7) is 12.2. The average Bonchev–Trinajstić information content (AvgIpc) is 1.57. The number of hydrogen-bond donors (Lipinski definition) is 9. The topological polar surface area (TPSA) is 416 Å². The Balaban J connectivity index is 0.623. The Hall–Kier alpha value is -7.90. The molecule has 5 unspecified atom stereocenters. The number of carbonyl (C=O) groups excluding carboxylic acids is 9. The van der Waals surface area contributed by atoms with Gasteiger partial charge in [-0.3, -0.25) is 48.2 Å². The number of rotatable bonds is 44. The zero-order valence-electron chi connectivity index (χ0n) is 64.4. The molecule has 5 heterocycles. The number of phosphoric ester groups is 1. The molecule has 113 heavy (non-hydrogen) atoms. The van der Waals surface area contributed by atoms with Crippen molar-refractivity contribution in [3.8, 4) is 11.5 Å². The number of hydrogen-bond acceptors (Lipinski definition) is 21. The molecule has 33 nitrogen and oxygen atoms in total. The Kier molecular flexibility index (Phi) is 30.7. The van der Waals surface area contributed by atoms with Gasteiger partial charge in [-0.15, -0.1) is 23.2 Å². The molecule has 4 fully saturated rings. The number of anilines is 3. The van der Waals surface area contributed by atoms with Gasteiger partial charge < -0.3 is 99.0 Å². The van der Waals surface area contributed by atoms with Crippen molar-refractivity contribution in [2.45, 2.75) is 108 Å². The number of aromatic amines is 2. The zero-order chi connectivity index (χ0) is 81.5. The molecular formula is C75H101Cl2N12O21PS2. The molecule has 10 amide bonds. The Labute approximate surface area is 674 Å². The molecule has 3 saturated carbocycles. The third-order valence-corrected chi connectivity index (χ3v) is 23.4. The van der Waals surface area contributed by atoms with E-state index in [4.69, 9.17) is 83.6 Å². The molecule has 0 radical (unpaired) electrons. The SMILES string of the molecule is CSC1CC(=O)N(CCOCCOCCOCCOCCOCCOCCC(=O)NC(C(=O)NC(CCCNC(N)=O)C(=O)Nc2ccc(COC(=S)N(C)CCN(C)C(=O)Oc3cc4c(c5c(C)c[nH]c35)C(CCl)CN4C(=O)C34CC(C(=O)N5CC(CCl)c6c5cc(OP(=O)(O)O)c5[nH]cc(C)c65)(C3)C4)cc2)C(C)C)C1=O. The number of amides is 10. The predicted octanol–water partition coefficient (Wildman–Crippen LogP) is 6.80. The summed E-state index contributed by atoms with van der Waals surface area (Å²) in [5.41, 5.74) is 9.93. The minimum absolute atomic E-state index is 0.0470. The van der Waals surface area contributed by atoms with E-state index in [1.165, 1.54) is 27.6 Å². The highest BCUT2D eigenvalue weighted by molar-refractivity contribution is 8.00. The van der Waals surface area contributed by atoms with Gasteiger partial charge >= 0.3 is 19.9 Å². The van der Waals surface area contributed by atoms with E-state index in [1.54, 1.807) is 79.2 Å². The number of primary amides is 1. The number of likely N-dealkylation sites (N-methyl/N-ethyl adjacent to an activating group) is 2. The van der Waals surface area contributed by atoms with Gasteiger partial charge in [0.05, 0.1) is 124 Å². The van der Waals surface area contributed by atoms with Crippen LogP contribution in [0.1, 0.15) is 98.4 Å².